The molecular weight excluding hydrogens is 318 g/mol. The van der Waals surface area contributed by atoms with E-state index in [1.54, 1.807) is 0 Å². The minimum Gasteiger partial charge on any atom is -0.379 e. The number of nitrogens with one attached hydrogen (secondary N) is 3. The van der Waals surface area contributed by atoms with Gasteiger partial charge in [0.2, 0.25) is 0 Å². The Labute approximate surface area is 151 Å². The summed E-state index contributed by atoms with van der Waals surface area (Å²) in [6, 6.07) is 1.11. The van der Waals surface area contributed by atoms with Crippen molar-refractivity contribution >= 4 is 0 Å². The number of ether oxygens (including phenoxy) is 3. The van der Waals surface area contributed by atoms with Crippen molar-refractivity contribution in [3.63, 3.8) is 0 Å². The lowest BCUT2D eigenvalue weighted by atomic mass is 9.74. The number of rotatable bonds is 0. The molecule has 4 rings (SSSR count). The zero-order valence-electron chi connectivity index (χ0n) is 15.7. The topological polar surface area (TPSA) is 63.8 Å². The molecule has 4 fully saturated rings. The van der Waals surface area contributed by atoms with Crippen LogP contribution in [0.4, 0.5) is 0 Å². The first-order valence-electron chi connectivity index (χ1n) is 10.3. The van der Waals surface area contributed by atoms with Gasteiger partial charge in [-0.2, -0.15) is 0 Å². The van der Waals surface area contributed by atoms with Crippen molar-refractivity contribution in [1.82, 2.24) is 16.2 Å². The maximum absolute atomic E-state index is 6.33. The van der Waals surface area contributed by atoms with E-state index in [0.29, 0.717) is 42.7 Å². The molecule has 1 aliphatic carbocycles. The number of hydrazine groups is 1. The predicted molar refractivity (Wildman–Crippen MR) is 96.3 cm³/mol. The van der Waals surface area contributed by atoms with Crippen LogP contribution in [-0.2, 0) is 14.2 Å². The van der Waals surface area contributed by atoms with Crippen molar-refractivity contribution in [2.75, 3.05) is 26.3 Å². The van der Waals surface area contributed by atoms with Crippen LogP contribution in [0.2, 0.25) is 0 Å². The van der Waals surface area contributed by atoms with E-state index in [1.807, 2.05) is 0 Å². The highest BCUT2D eigenvalue weighted by Gasteiger charge is 2.45. The summed E-state index contributed by atoms with van der Waals surface area (Å²) in [7, 11) is 0. The Hall–Kier alpha value is -0.240. The monoisotopic (exact) mass is 353 g/mol. The summed E-state index contributed by atoms with van der Waals surface area (Å²) in [6.07, 6.45) is 6.69. The molecule has 0 radical (unpaired) electrons. The molecule has 3 heterocycles. The van der Waals surface area contributed by atoms with Crippen LogP contribution in [-0.4, -0.2) is 62.8 Å². The molecule has 6 unspecified atom stereocenters. The summed E-state index contributed by atoms with van der Waals surface area (Å²) in [5.74, 6) is 1.27. The van der Waals surface area contributed by atoms with Crippen LogP contribution in [0.1, 0.15) is 46.0 Å². The maximum atomic E-state index is 6.33. The third kappa shape index (κ3) is 4.37. The van der Waals surface area contributed by atoms with Crippen LogP contribution >= 0.6 is 0 Å². The second-order valence-corrected chi connectivity index (χ2v) is 8.55. The van der Waals surface area contributed by atoms with Gasteiger partial charge in [0.25, 0.3) is 0 Å². The van der Waals surface area contributed by atoms with Crippen molar-refractivity contribution in [2.24, 2.45) is 11.8 Å². The summed E-state index contributed by atoms with van der Waals surface area (Å²) < 4.78 is 18.5. The lowest BCUT2D eigenvalue weighted by molar-refractivity contribution is -0.0735. The van der Waals surface area contributed by atoms with Gasteiger partial charge in [0, 0.05) is 25.2 Å². The second-order valence-electron chi connectivity index (χ2n) is 8.55. The smallest absolute Gasteiger partial charge is 0.0784 e. The second kappa shape index (κ2) is 8.19. The van der Waals surface area contributed by atoms with Gasteiger partial charge >= 0.3 is 0 Å². The number of piperidine rings is 1. The first-order valence-corrected chi connectivity index (χ1v) is 10.3. The molecule has 1 saturated carbocycles. The Bertz CT molecular complexity index is 438. The molecule has 8 atom stereocenters. The highest BCUT2D eigenvalue weighted by molar-refractivity contribution is 5.00. The zero-order valence-corrected chi connectivity index (χ0v) is 15.7. The summed E-state index contributed by atoms with van der Waals surface area (Å²) in [5, 5.41) is 3.61. The summed E-state index contributed by atoms with van der Waals surface area (Å²) in [6.45, 7) is 7.81. The van der Waals surface area contributed by atoms with Crippen molar-refractivity contribution in [3.05, 3.63) is 0 Å². The van der Waals surface area contributed by atoms with Crippen molar-refractivity contribution in [2.45, 2.75) is 82.5 Å². The van der Waals surface area contributed by atoms with Gasteiger partial charge in [-0.15, -0.1) is 0 Å². The molecule has 0 aromatic carbocycles. The standard InChI is InChI=1S/C19H35N3O3/c1-12-5-6-23-11-13(2)25-15-3-4-18-17(8-15)19(22-21-18)14-7-16(24-12)10-20-9-14/h12-22H,3-11H2,1-2H3/t12-,13-,14?,15?,16?,17?,18?,19?/m1/s1. The normalized spacial score (nSPS) is 49.2. The van der Waals surface area contributed by atoms with Crippen LogP contribution in [0, 0.1) is 11.8 Å². The molecule has 144 valence electrons. The van der Waals surface area contributed by atoms with E-state index >= 15 is 0 Å². The first kappa shape index (κ1) is 18.1. The maximum Gasteiger partial charge on any atom is 0.0784 e. The Kier molecular flexibility index (Phi) is 5.94. The zero-order chi connectivity index (χ0) is 17.2. The van der Waals surface area contributed by atoms with Gasteiger partial charge in [-0.3, -0.25) is 10.9 Å². The molecule has 4 aliphatic rings. The largest absolute Gasteiger partial charge is 0.379 e. The lowest BCUT2D eigenvalue weighted by Crippen LogP contribution is -2.51. The summed E-state index contributed by atoms with van der Waals surface area (Å²) >= 11 is 0. The van der Waals surface area contributed by atoms with Crippen LogP contribution in [0.5, 0.6) is 0 Å². The van der Waals surface area contributed by atoms with Crippen LogP contribution in [0.25, 0.3) is 0 Å². The van der Waals surface area contributed by atoms with Gasteiger partial charge in [-0.25, -0.2) is 0 Å². The van der Waals surface area contributed by atoms with Crippen LogP contribution in [0.3, 0.4) is 0 Å². The van der Waals surface area contributed by atoms with E-state index in [-0.39, 0.29) is 12.2 Å². The van der Waals surface area contributed by atoms with Gasteiger partial charge in [-0.1, -0.05) is 0 Å². The third-order valence-corrected chi connectivity index (χ3v) is 6.47. The number of hydrogen-bond donors (Lipinski definition) is 3. The average molecular weight is 354 g/mol. The minimum absolute atomic E-state index is 0.171. The quantitative estimate of drug-likeness (QED) is 0.608. The van der Waals surface area contributed by atoms with Gasteiger partial charge in [0.05, 0.1) is 31.0 Å². The molecule has 4 bridgehead atoms. The highest BCUT2D eigenvalue weighted by atomic mass is 16.5. The SMILES string of the molecule is C[C@@H]1CCOC[C@@H](C)OC2CCC3NNC(C4CNCC(C4)O1)C3C2. The van der Waals surface area contributed by atoms with E-state index in [1.165, 1.54) is 6.42 Å². The van der Waals surface area contributed by atoms with Crippen molar-refractivity contribution < 1.29 is 14.2 Å². The van der Waals surface area contributed by atoms with E-state index in [0.717, 1.165) is 45.4 Å². The molecule has 0 aromatic rings. The molecule has 0 aromatic heterocycles. The number of hydrogen-bond acceptors (Lipinski definition) is 6. The van der Waals surface area contributed by atoms with E-state index < -0.39 is 0 Å². The Morgan fingerprint density at radius 1 is 0.840 bits per heavy atom. The number of fused-ring (bicyclic) bond motifs is 4. The van der Waals surface area contributed by atoms with Crippen LogP contribution < -0.4 is 16.2 Å². The molecule has 6 heteroatoms. The molecule has 3 saturated heterocycles. The Morgan fingerprint density at radius 2 is 1.72 bits per heavy atom. The molecular formula is C19H35N3O3. The lowest BCUT2D eigenvalue weighted by Gasteiger charge is -2.39. The Morgan fingerprint density at radius 3 is 2.64 bits per heavy atom. The Balaban J connectivity index is 1.48. The van der Waals surface area contributed by atoms with E-state index in [9.17, 15) is 0 Å². The van der Waals surface area contributed by atoms with Gasteiger partial charge < -0.3 is 19.5 Å². The minimum atomic E-state index is 0.171. The molecule has 0 amide bonds. The first-order chi connectivity index (χ1) is 12.2. The van der Waals surface area contributed by atoms with Crippen LogP contribution in [0.15, 0.2) is 0 Å². The summed E-state index contributed by atoms with van der Waals surface area (Å²) in [4.78, 5) is 0. The van der Waals surface area contributed by atoms with Gasteiger partial charge in [0.15, 0.2) is 0 Å². The van der Waals surface area contributed by atoms with Crippen molar-refractivity contribution in [3.8, 4) is 0 Å². The molecule has 0 spiro atoms. The molecule has 6 nitrogen and oxygen atoms in total. The van der Waals surface area contributed by atoms with E-state index in [2.05, 4.69) is 30.0 Å². The van der Waals surface area contributed by atoms with Crippen molar-refractivity contribution in [1.29, 1.82) is 0 Å². The van der Waals surface area contributed by atoms with Gasteiger partial charge in [-0.05, 0) is 64.3 Å². The average Bonchev–Trinajstić information content (AvgIpc) is 3.01. The fourth-order valence-electron chi connectivity index (χ4n) is 5.22. The third-order valence-electron chi connectivity index (χ3n) is 6.47. The fourth-order valence-corrected chi connectivity index (χ4v) is 5.22. The van der Waals surface area contributed by atoms with E-state index in [4.69, 9.17) is 14.2 Å². The molecule has 25 heavy (non-hydrogen) atoms. The fraction of sp³-hybridized carbons (Fsp3) is 1.00. The predicted octanol–water partition coefficient (Wildman–Crippen LogP) is 1.21. The summed E-state index contributed by atoms with van der Waals surface area (Å²) in [5.41, 5.74) is 7.20. The molecule has 3 N–H and O–H groups in total. The molecule has 3 aliphatic heterocycles. The highest BCUT2D eigenvalue weighted by Crippen LogP contribution is 2.37. The van der Waals surface area contributed by atoms with Gasteiger partial charge in [0.1, 0.15) is 0 Å².